The molecule has 0 aliphatic rings. The van der Waals surface area contributed by atoms with E-state index in [1.165, 1.54) is 87.8 Å². The smallest absolute Gasteiger partial charge is 0.0547 e. The molecule has 0 fully saturated rings. The lowest BCUT2D eigenvalue weighted by molar-refractivity contribution is 1.18. The summed E-state index contributed by atoms with van der Waals surface area (Å²) < 4.78 is 4.80. The summed E-state index contributed by atoms with van der Waals surface area (Å²) in [6.45, 7) is 0. The Labute approximate surface area is 294 Å². The van der Waals surface area contributed by atoms with Gasteiger partial charge in [0.25, 0.3) is 0 Å². The first kappa shape index (κ1) is 28.0. The van der Waals surface area contributed by atoms with Gasteiger partial charge in [0, 0.05) is 54.7 Å². The molecule has 51 heavy (non-hydrogen) atoms. The third-order valence-corrected chi connectivity index (χ3v) is 10.6. The van der Waals surface area contributed by atoms with Crippen molar-refractivity contribution in [3.63, 3.8) is 0 Å². The zero-order valence-electron chi connectivity index (χ0n) is 27.7. The second-order valence-corrected chi connectivity index (χ2v) is 13.5. The van der Waals surface area contributed by atoms with Crippen molar-refractivity contribution in [1.82, 2.24) is 14.1 Å². The molecule has 0 spiro atoms. The molecule has 8 aromatic carbocycles. The van der Waals surface area contributed by atoms with Crippen molar-refractivity contribution in [2.45, 2.75) is 0 Å². The number of aromatic nitrogens is 3. The molecule has 3 aromatic heterocycles. The molecule has 0 saturated heterocycles. The molecule has 0 radical (unpaired) electrons. The lowest BCUT2D eigenvalue weighted by Crippen LogP contribution is -1.94. The first-order valence-corrected chi connectivity index (χ1v) is 17.5. The highest BCUT2D eigenvalue weighted by molar-refractivity contribution is 6.13. The van der Waals surface area contributed by atoms with E-state index in [-0.39, 0.29) is 0 Å². The van der Waals surface area contributed by atoms with Crippen LogP contribution in [0.3, 0.4) is 0 Å². The first-order chi connectivity index (χ1) is 25.3. The van der Waals surface area contributed by atoms with E-state index in [2.05, 4.69) is 196 Å². The van der Waals surface area contributed by atoms with Gasteiger partial charge in [-0.2, -0.15) is 0 Å². The van der Waals surface area contributed by atoms with E-state index in [0.717, 1.165) is 11.2 Å². The van der Waals surface area contributed by atoms with Gasteiger partial charge in [-0.25, -0.2) is 0 Å². The van der Waals surface area contributed by atoms with Crippen LogP contribution in [0.25, 0.3) is 99.0 Å². The monoisotopic (exact) mass is 649 g/mol. The van der Waals surface area contributed by atoms with E-state index in [9.17, 15) is 0 Å². The lowest BCUT2D eigenvalue weighted by atomic mass is 10.0. The minimum Gasteiger partial charge on any atom is -0.354 e. The van der Waals surface area contributed by atoms with Crippen LogP contribution >= 0.6 is 0 Å². The van der Waals surface area contributed by atoms with Gasteiger partial charge < -0.3 is 14.1 Å². The van der Waals surface area contributed by atoms with Crippen molar-refractivity contribution in [1.29, 1.82) is 0 Å². The second kappa shape index (κ2) is 10.8. The van der Waals surface area contributed by atoms with Crippen LogP contribution in [0.1, 0.15) is 0 Å². The Balaban J connectivity index is 1.08. The number of hydrogen-bond acceptors (Lipinski definition) is 0. The number of para-hydroxylation sites is 4. The summed E-state index contributed by atoms with van der Waals surface area (Å²) in [4.78, 5) is 3.62. The molecule has 3 nitrogen and oxygen atoms in total. The number of benzene rings is 8. The van der Waals surface area contributed by atoms with Gasteiger partial charge in [-0.3, -0.25) is 0 Å². The van der Waals surface area contributed by atoms with Crippen molar-refractivity contribution >= 4 is 65.4 Å². The molecule has 0 amide bonds. The normalized spacial score (nSPS) is 11.9. The van der Waals surface area contributed by atoms with Gasteiger partial charge in [-0.15, -0.1) is 0 Å². The number of nitrogens with zero attached hydrogens (tertiary/aromatic N) is 2. The first-order valence-electron chi connectivity index (χ1n) is 17.5. The van der Waals surface area contributed by atoms with E-state index >= 15 is 0 Å². The molecule has 0 unspecified atom stereocenters. The molecule has 3 heteroatoms. The summed E-state index contributed by atoms with van der Waals surface area (Å²) in [6, 6.07) is 66.3. The van der Waals surface area contributed by atoms with Gasteiger partial charge in [0.1, 0.15) is 0 Å². The molecule has 0 bridgehead atoms. The molecular formula is C48H31N3. The Kier molecular flexibility index (Phi) is 5.96. The Hall–Kier alpha value is -6.84. The molecule has 0 atom stereocenters. The van der Waals surface area contributed by atoms with Crippen LogP contribution in [-0.4, -0.2) is 14.1 Å². The van der Waals surface area contributed by atoms with Crippen molar-refractivity contribution in [2.24, 2.45) is 0 Å². The fraction of sp³-hybridized carbons (Fsp3) is 0. The third kappa shape index (κ3) is 4.25. The number of rotatable bonds is 4. The van der Waals surface area contributed by atoms with Crippen molar-refractivity contribution in [2.75, 3.05) is 0 Å². The van der Waals surface area contributed by atoms with Crippen LogP contribution in [-0.2, 0) is 0 Å². The van der Waals surface area contributed by atoms with Crippen molar-refractivity contribution < 1.29 is 0 Å². The number of H-pyrrole nitrogens is 1. The lowest BCUT2D eigenvalue weighted by Gasteiger charge is -2.12. The molecule has 0 aliphatic heterocycles. The van der Waals surface area contributed by atoms with E-state index in [1.807, 2.05) is 0 Å². The van der Waals surface area contributed by atoms with Crippen LogP contribution in [0.2, 0.25) is 0 Å². The topological polar surface area (TPSA) is 25.6 Å². The predicted octanol–water partition coefficient (Wildman–Crippen LogP) is 12.8. The van der Waals surface area contributed by atoms with Crippen molar-refractivity contribution in [3.05, 3.63) is 182 Å². The van der Waals surface area contributed by atoms with Crippen LogP contribution in [0, 0.1) is 0 Å². The standard InChI is InChI=1S/C48H31N3/c1-2-12-35(13-3-1)50-46-20-9-6-17-40(46)42-28-32(23-26-47(42)50)34-22-25-41-39-16-5-8-19-45(39)51(48(41)30-34)36-14-10-11-31(27-36)33-21-24-38-37-15-4-7-18-43(37)49-44(38)29-33/h1-30,49H. The summed E-state index contributed by atoms with van der Waals surface area (Å²) in [6.07, 6.45) is 0. The summed E-state index contributed by atoms with van der Waals surface area (Å²) in [7, 11) is 0. The fourth-order valence-corrected chi connectivity index (χ4v) is 8.29. The van der Waals surface area contributed by atoms with Gasteiger partial charge >= 0.3 is 0 Å². The molecule has 1 N–H and O–H groups in total. The maximum atomic E-state index is 3.62. The Morgan fingerprint density at radius 1 is 0.275 bits per heavy atom. The zero-order valence-corrected chi connectivity index (χ0v) is 27.7. The quantitative estimate of drug-likeness (QED) is 0.196. The highest BCUT2D eigenvalue weighted by Crippen LogP contribution is 2.39. The molecule has 238 valence electrons. The maximum absolute atomic E-state index is 3.62. The van der Waals surface area contributed by atoms with E-state index in [1.54, 1.807) is 0 Å². The average Bonchev–Trinajstić information content (AvgIpc) is 3.85. The van der Waals surface area contributed by atoms with Gasteiger partial charge in [0.05, 0.1) is 22.1 Å². The largest absolute Gasteiger partial charge is 0.354 e. The van der Waals surface area contributed by atoms with Crippen LogP contribution < -0.4 is 0 Å². The Morgan fingerprint density at radius 2 is 0.804 bits per heavy atom. The fourth-order valence-electron chi connectivity index (χ4n) is 8.29. The van der Waals surface area contributed by atoms with Gasteiger partial charge in [0.15, 0.2) is 0 Å². The van der Waals surface area contributed by atoms with E-state index in [4.69, 9.17) is 0 Å². The summed E-state index contributed by atoms with van der Waals surface area (Å²) in [5, 5.41) is 7.53. The van der Waals surface area contributed by atoms with Crippen molar-refractivity contribution in [3.8, 4) is 33.6 Å². The molecular weight excluding hydrogens is 619 g/mol. The van der Waals surface area contributed by atoms with Crippen LogP contribution in [0.5, 0.6) is 0 Å². The number of nitrogens with one attached hydrogen (secondary N) is 1. The van der Waals surface area contributed by atoms with E-state index in [0.29, 0.717) is 0 Å². The van der Waals surface area contributed by atoms with Gasteiger partial charge in [-0.05, 0) is 89.0 Å². The Bertz CT molecular complexity index is 3140. The van der Waals surface area contributed by atoms with Crippen LogP contribution in [0.4, 0.5) is 0 Å². The zero-order chi connectivity index (χ0) is 33.5. The number of aromatic amines is 1. The molecule has 0 saturated carbocycles. The Morgan fingerprint density at radius 3 is 1.63 bits per heavy atom. The maximum Gasteiger partial charge on any atom is 0.0547 e. The molecule has 3 heterocycles. The average molecular weight is 650 g/mol. The van der Waals surface area contributed by atoms with Gasteiger partial charge in [-0.1, -0.05) is 115 Å². The predicted molar refractivity (Wildman–Crippen MR) is 215 cm³/mol. The summed E-state index contributed by atoms with van der Waals surface area (Å²) >= 11 is 0. The number of fused-ring (bicyclic) bond motifs is 9. The minimum atomic E-state index is 1.15. The van der Waals surface area contributed by atoms with Crippen LogP contribution in [0.15, 0.2) is 182 Å². The third-order valence-electron chi connectivity index (χ3n) is 10.6. The highest BCUT2D eigenvalue weighted by Gasteiger charge is 2.16. The summed E-state index contributed by atoms with van der Waals surface area (Å²) in [5.41, 5.74) is 14.3. The van der Waals surface area contributed by atoms with Gasteiger partial charge in [0.2, 0.25) is 0 Å². The summed E-state index contributed by atoms with van der Waals surface area (Å²) in [5.74, 6) is 0. The molecule has 0 aliphatic carbocycles. The highest BCUT2D eigenvalue weighted by atomic mass is 15.0. The SMILES string of the molecule is c1ccc(-n2c3ccccc3c3cc(-c4ccc5c6ccccc6n(-c6cccc(-c7ccc8c(c7)[nH]c7ccccc78)c6)c5c4)ccc32)cc1. The number of hydrogen-bond donors (Lipinski definition) is 1. The minimum absolute atomic E-state index is 1.15. The second-order valence-electron chi connectivity index (χ2n) is 13.5. The van der Waals surface area contributed by atoms with E-state index < -0.39 is 0 Å². The molecule has 11 aromatic rings. The molecule has 11 rings (SSSR count).